The summed E-state index contributed by atoms with van der Waals surface area (Å²) in [6.45, 7) is 0. The summed E-state index contributed by atoms with van der Waals surface area (Å²) < 4.78 is 6.30. The summed E-state index contributed by atoms with van der Waals surface area (Å²) in [7, 11) is 0. The molecule has 0 spiro atoms. The predicted molar refractivity (Wildman–Crippen MR) is 128 cm³/mol. The number of phenolic OH excluding ortho intramolecular Hbond substituents is 5. The van der Waals surface area contributed by atoms with Gasteiger partial charge in [-0.1, -0.05) is 36.4 Å². The molecule has 5 rings (SSSR count). The summed E-state index contributed by atoms with van der Waals surface area (Å²) in [5.74, 6) is 0.114. The molecule has 0 radical (unpaired) electrons. The minimum absolute atomic E-state index is 0.0250. The van der Waals surface area contributed by atoms with Gasteiger partial charge in [-0.2, -0.15) is 0 Å². The second-order valence-corrected chi connectivity index (χ2v) is 8.27. The van der Waals surface area contributed by atoms with E-state index in [1.807, 2.05) is 18.2 Å². The molecule has 4 aromatic rings. The maximum Gasteiger partial charge on any atom is 0.135 e. The van der Waals surface area contributed by atoms with Gasteiger partial charge in [-0.15, -0.1) is 0 Å². The molecule has 34 heavy (non-hydrogen) atoms. The van der Waals surface area contributed by atoms with Crippen LogP contribution in [0.3, 0.4) is 0 Å². The SMILES string of the molecule is Oc1ccc(/C=C/c2cc(O)c3c(c2)OC(c2ccc(O)cc2)C3c2cc(O)cc(O)c2)cc1. The Hall–Kier alpha value is -4.58. The van der Waals surface area contributed by atoms with Crippen molar-refractivity contribution < 1.29 is 30.3 Å². The van der Waals surface area contributed by atoms with E-state index < -0.39 is 12.0 Å². The van der Waals surface area contributed by atoms with Crippen LogP contribution in [0.2, 0.25) is 0 Å². The molecule has 0 saturated heterocycles. The van der Waals surface area contributed by atoms with Crippen LogP contribution in [-0.2, 0) is 0 Å². The predicted octanol–water partition coefficient (Wildman–Crippen LogP) is 5.65. The average Bonchev–Trinajstić information content (AvgIpc) is 3.19. The first-order chi connectivity index (χ1) is 16.4. The van der Waals surface area contributed by atoms with E-state index in [0.29, 0.717) is 22.4 Å². The summed E-state index contributed by atoms with van der Waals surface area (Å²) >= 11 is 0. The number of benzene rings is 4. The number of phenols is 5. The molecule has 0 bridgehead atoms. The summed E-state index contributed by atoms with van der Waals surface area (Å²) in [5.41, 5.74) is 3.49. The quantitative estimate of drug-likeness (QED) is 0.255. The number of aromatic hydroxyl groups is 5. The number of ether oxygens (including phenoxy) is 1. The van der Waals surface area contributed by atoms with Crippen LogP contribution in [0.1, 0.15) is 39.8 Å². The van der Waals surface area contributed by atoms with Gasteiger partial charge in [0.05, 0.1) is 5.92 Å². The second kappa shape index (κ2) is 8.41. The zero-order chi connectivity index (χ0) is 23.8. The molecule has 2 atom stereocenters. The molecule has 0 aliphatic carbocycles. The molecule has 0 saturated carbocycles. The van der Waals surface area contributed by atoms with Gasteiger partial charge < -0.3 is 30.3 Å². The maximum absolute atomic E-state index is 11.0. The van der Waals surface area contributed by atoms with E-state index in [0.717, 1.165) is 11.1 Å². The molecule has 0 amide bonds. The molecule has 0 aromatic heterocycles. The molecule has 5 N–H and O–H groups in total. The number of hydrogen-bond acceptors (Lipinski definition) is 6. The van der Waals surface area contributed by atoms with Gasteiger partial charge >= 0.3 is 0 Å². The largest absolute Gasteiger partial charge is 0.508 e. The van der Waals surface area contributed by atoms with Crippen molar-refractivity contribution in [2.75, 3.05) is 0 Å². The molecule has 4 aromatic carbocycles. The molecule has 170 valence electrons. The molecular formula is C28H22O6. The van der Waals surface area contributed by atoms with Crippen molar-refractivity contribution in [3.05, 3.63) is 107 Å². The third-order valence-electron chi connectivity index (χ3n) is 5.88. The number of fused-ring (bicyclic) bond motifs is 1. The lowest BCUT2D eigenvalue weighted by Gasteiger charge is -2.21. The van der Waals surface area contributed by atoms with Gasteiger partial charge in [0.15, 0.2) is 0 Å². The fraction of sp³-hybridized carbons (Fsp3) is 0.0714. The Kier molecular flexibility index (Phi) is 5.26. The highest BCUT2D eigenvalue weighted by Gasteiger charge is 2.39. The average molecular weight is 454 g/mol. The molecule has 0 fully saturated rings. The van der Waals surface area contributed by atoms with Crippen LogP contribution >= 0.6 is 0 Å². The van der Waals surface area contributed by atoms with Crippen molar-refractivity contribution in [3.8, 4) is 34.5 Å². The van der Waals surface area contributed by atoms with Crippen molar-refractivity contribution >= 4 is 12.2 Å². The van der Waals surface area contributed by atoms with Crippen LogP contribution in [-0.4, -0.2) is 25.5 Å². The Morgan fingerprint density at radius 2 is 1.15 bits per heavy atom. The monoisotopic (exact) mass is 454 g/mol. The van der Waals surface area contributed by atoms with Crippen LogP contribution in [0.25, 0.3) is 12.2 Å². The molecule has 6 heteroatoms. The zero-order valence-electron chi connectivity index (χ0n) is 18.0. The Balaban J connectivity index is 1.58. The first kappa shape index (κ1) is 21.3. The van der Waals surface area contributed by atoms with Crippen LogP contribution in [0, 0.1) is 0 Å². The van der Waals surface area contributed by atoms with Crippen LogP contribution in [0.5, 0.6) is 34.5 Å². The lowest BCUT2D eigenvalue weighted by atomic mass is 9.84. The first-order valence-corrected chi connectivity index (χ1v) is 10.7. The molecule has 1 aliphatic rings. The van der Waals surface area contributed by atoms with Gasteiger partial charge in [0.1, 0.15) is 40.6 Å². The molecule has 1 heterocycles. The Morgan fingerprint density at radius 1 is 0.559 bits per heavy atom. The normalized spacial score (nSPS) is 16.9. The fourth-order valence-corrected chi connectivity index (χ4v) is 4.34. The highest BCUT2D eigenvalue weighted by molar-refractivity contribution is 5.73. The van der Waals surface area contributed by atoms with Crippen molar-refractivity contribution in [3.63, 3.8) is 0 Å². The Morgan fingerprint density at radius 3 is 1.79 bits per heavy atom. The maximum atomic E-state index is 11.0. The minimum atomic E-state index is -0.556. The van der Waals surface area contributed by atoms with E-state index in [4.69, 9.17) is 4.74 Å². The summed E-state index contributed by atoms with van der Waals surface area (Å²) in [6.07, 6.45) is 3.13. The Labute approximate surface area is 195 Å². The van der Waals surface area contributed by atoms with Crippen LogP contribution in [0.4, 0.5) is 0 Å². The van der Waals surface area contributed by atoms with Crippen molar-refractivity contribution in [2.24, 2.45) is 0 Å². The van der Waals surface area contributed by atoms with Gasteiger partial charge in [-0.25, -0.2) is 0 Å². The number of hydrogen-bond donors (Lipinski definition) is 5. The Bertz CT molecular complexity index is 1350. The van der Waals surface area contributed by atoms with Crippen molar-refractivity contribution in [1.82, 2.24) is 0 Å². The second-order valence-electron chi connectivity index (χ2n) is 8.27. The fourth-order valence-electron chi connectivity index (χ4n) is 4.34. The molecule has 6 nitrogen and oxygen atoms in total. The van der Waals surface area contributed by atoms with Gasteiger partial charge in [0, 0.05) is 11.6 Å². The van der Waals surface area contributed by atoms with Gasteiger partial charge in [-0.05, 0) is 70.8 Å². The number of rotatable bonds is 4. The van der Waals surface area contributed by atoms with E-state index in [2.05, 4.69) is 0 Å². The van der Waals surface area contributed by atoms with E-state index in [1.54, 1.807) is 54.6 Å². The molecule has 1 aliphatic heterocycles. The summed E-state index contributed by atoms with van der Waals surface area (Å²) in [4.78, 5) is 0. The standard InChI is InChI=1S/C28H22O6/c29-20-7-3-16(4-8-20)1-2-17-11-24(33)27-25(12-17)34-28(18-5-9-21(30)10-6-18)26(27)19-13-22(31)15-23(32)14-19/h1-15,26,28-33H/b2-1+. The van der Waals surface area contributed by atoms with E-state index in [1.165, 1.54) is 18.2 Å². The van der Waals surface area contributed by atoms with E-state index in [-0.39, 0.29) is 28.7 Å². The van der Waals surface area contributed by atoms with Gasteiger partial charge in [0.25, 0.3) is 0 Å². The van der Waals surface area contributed by atoms with Crippen LogP contribution < -0.4 is 4.74 Å². The third-order valence-corrected chi connectivity index (χ3v) is 5.88. The zero-order valence-corrected chi connectivity index (χ0v) is 18.0. The molecule has 2 unspecified atom stereocenters. The smallest absolute Gasteiger partial charge is 0.135 e. The summed E-state index contributed by atoms with van der Waals surface area (Å²) in [6, 6.07) is 21.1. The van der Waals surface area contributed by atoms with E-state index >= 15 is 0 Å². The van der Waals surface area contributed by atoms with Gasteiger partial charge in [-0.3, -0.25) is 0 Å². The minimum Gasteiger partial charge on any atom is -0.508 e. The third kappa shape index (κ3) is 4.09. The van der Waals surface area contributed by atoms with Crippen LogP contribution in [0.15, 0.2) is 78.9 Å². The molecular weight excluding hydrogens is 432 g/mol. The van der Waals surface area contributed by atoms with Crippen molar-refractivity contribution in [1.29, 1.82) is 0 Å². The highest BCUT2D eigenvalue weighted by Crippen LogP contribution is 2.54. The first-order valence-electron chi connectivity index (χ1n) is 10.7. The topological polar surface area (TPSA) is 110 Å². The summed E-state index contributed by atoms with van der Waals surface area (Å²) in [5, 5.41) is 50.3. The van der Waals surface area contributed by atoms with Crippen molar-refractivity contribution in [2.45, 2.75) is 12.0 Å². The lowest BCUT2D eigenvalue weighted by Crippen LogP contribution is -2.11. The highest BCUT2D eigenvalue weighted by atomic mass is 16.5. The van der Waals surface area contributed by atoms with Gasteiger partial charge in [0.2, 0.25) is 0 Å². The lowest BCUT2D eigenvalue weighted by molar-refractivity contribution is 0.222. The van der Waals surface area contributed by atoms with E-state index in [9.17, 15) is 25.5 Å².